The van der Waals surface area contributed by atoms with Crippen molar-refractivity contribution in [3.05, 3.63) is 65.0 Å². The second-order valence-electron chi connectivity index (χ2n) is 4.80. The Bertz CT molecular complexity index is 605. The average Bonchev–Trinajstić information content (AvgIpc) is 2.46. The molecule has 3 rings (SSSR count). The number of fused-ring (bicyclic) bond motifs is 1. The molecule has 1 aliphatic rings. The second kappa shape index (κ2) is 4.90. The molecule has 2 heterocycles. The Morgan fingerprint density at radius 1 is 1.10 bits per heavy atom. The Morgan fingerprint density at radius 3 is 2.55 bits per heavy atom. The van der Waals surface area contributed by atoms with E-state index in [1.54, 1.807) is 6.20 Å². The molecule has 1 aromatic carbocycles. The molecule has 0 fully saturated rings. The molecule has 1 aromatic heterocycles. The van der Waals surface area contributed by atoms with E-state index in [1.165, 1.54) is 12.1 Å². The average molecular weight is 278 g/mol. The minimum absolute atomic E-state index is 0.137. The molecule has 20 heavy (non-hydrogen) atoms. The van der Waals surface area contributed by atoms with E-state index in [2.05, 4.69) is 10.3 Å². The van der Waals surface area contributed by atoms with E-state index in [1.807, 2.05) is 12.1 Å². The van der Waals surface area contributed by atoms with E-state index >= 15 is 0 Å². The van der Waals surface area contributed by atoms with Crippen molar-refractivity contribution in [2.75, 3.05) is 6.54 Å². The highest BCUT2D eigenvalue weighted by molar-refractivity contribution is 5.36. The second-order valence-corrected chi connectivity index (χ2v) is 4.80. The van der Waals surface area contributed by atoms with Crippen molar-refractivity contribution in [3.63, 3.8) is 0 Å². The van der Waals surface area contributed by atoms with Gasteiger partial charge in [-0.1, -0.05) is 18.2 Å². The molecule has 0 saturated heterocycles. The van der Waals surface area contributed by atoms with Gasteiger partial charge in [-0.25, -0.2) is 0 Å². The van der Waals surface area contributed by atoms with Crippen LogP contribution in [0.2, 0.25) is 0 Å². The smallest absolute Gasteiger partial charge is 0.305 e. The lowest BCUT2D eigenvalue weighted by molar-refractivity contribution is -0.137. The van der Waals surface area contributed by atoms with Crippen LogP contribution in [0.4, 0.5) is 13.2 Å². The molecule has 0 unspecified atom stereocenters. The van der Waals surface area contributed by atoms with Gasteiger partial charge in [0, 0.05) is 12.7 Å². The summed E-state index contributed by atoms with van der Waals surface area (Å²) in [7, 11) is 0. The Hall–Kier alpha value is -1.88. The Balaban J connectivity index is 1.95. The maximum atomic E-state index is 12.6. The summed E-state index contributed by atoms with van der Waals surface area (Å²) in [5, 5.41) is 3.31. The highest BCUT2D eigenvalue weighted by atomic mass is 19.4. The fraction of sp³-hybridized carbons (Fsp3) is 0.267. The Morgan fingerprint density at radius 2 is 1.85 bits per heavy atom. The van der Waals surface area contributed by atoms with Gasteiger partial charge in [0.1, 0.15) is 0 Å². The number of benzene rings is 1. The molecular weight excluding hydrogens is 265 g/mol. The summed E-state index contributed by atoms with van der Waals surface area (Å²) in [6.07, 6.45) is -1.70. The fourth-order valence-electron chi connectivity index (χ4n) is 2.51. The van der Waals surface area contributed by atoms with Crippen molar-refractivity contribution >= 4 is 0 Å². The molecule has 5 heteroatoms. The first-order valence-electron chi connectivity index (χ1n) is 6.40. The number of pyridine rings is 1. The number of nitrogens with zero attached hydrogens (tertiary/aromatic N) is 1. The zero-order chi connectivity index (χ0) is 14.2. The van der Waals surface area contributed by atoms with Gasteiger partial charge >= 0.3 is 6.18 Å². The number of halogens is 3. The largest absolute Gasteiger partial charge is 0.416 e. The van der Waals surface area contributed by atoms with Crippen molar-refractivity contribution in [1.29, 1.82) is 0 Å². The van der Waals surface area contributed by atoms with E-state index < -0.39 is 11.7 Å². The maximum absolute atomic E-state index is 12.6. The SMILES string of the molecule is FC(F)(F)c1ccc([C@H]2NCCc3cccnc32)cc1. The number of rotatable bonds is 1. The van der Waals surface area contributed by atoms with Crippen molar-refractivity contribution in [1.82, 2.24) is 10.3 Å². The van der Waals surface area contributed by atoms with Crippen LogP contribution in [0.15, 0.2) is 42.6 Å². The quantitative estimate of drug-likeness (QED) is 0.865. The van der Waals surface area contributed by atoms with Crippen LogP contribution in [-0.2, 0) is 12.6 Å². The third kappa shape index (κ3) is 2.41. The van der Waals surface area contributed by atoms with Crippen LogP contribution in [0.25, 0.3) is 0 Å². The summed E-state index contributed by atoms with van der Waals surface area (Å²) in [5.74, 6) is 0. The van der Waals surface area contributed by atoms with E-state index in [-0.39, 0.29) is 6.04 Å². The zero-order valence-electron chi connectivity index (χ0n) is 10.6. The number of nitrogens with one attached hydrogen (secondary N) is 1. The van der Waals surface area contributed by atoms with E-state index in [0.717, 1.165) is 41.9 Å². The summed E-state index contributed by atoms with van der Waals surface area (Å²) in [6.45, 7) is 0.796. The standard InChI is InChI=1S/C15H13F3N2/c16-15(17,18)12-5-3-11(4-6-12)14-13-10(7-9-20-14)2-1-8-19-13/h1-6,8,14,20H,7,9H2/t14-/m1/s1. The molecule has 1 aliphatic heterocycles. The first kappa shape index (κ1) is 13.1. The molecule has 2 aromatic rings. The van der Waals surface area contributed by atoms with Crippen LogP contribution in [0.1, 0.15) is 28.4 Å². The van der Waals surface area contributed by atoms with Crippen LogP contribution in [0.3, 0.4) is 0 Å². The molecule has 1 atom stereocenters. The van der Waals surface area contributed by atoms with E-state index in [9.17, 15) is 13.2 Å². The van der Waals surface area contributed by atoms with Gasteiger partial charge < -0.3 is 5.32 Å². The predicted molar refractivity (Wildman–Crippen MR) is 69.2 cm³/mol. The van der Waals surface area contributed by atoms with Crippen LogP contribution in [0, 0.1) is 0 Å². The molecule has 0 amide bonds. The van der Waals surface area contributed by atoms with Crippen LogP contribution < -0.4 is 5.32 Å². The molecular formula is C15H13F3N2. The van der Waals surface area contributed by atoms with Gasteiger partial charge in [-0.05, 0) is 35.7 Å². The molecule has 2 nitrogen and oxygen atoms in total. The fourth-order valence-corrected chi connectivity index (χ4v) is 2.51. The minimum Gasteiger partial charge on any atom is -0.305 e. The van der Waals surface area contributed by atoms with Crippen LogP contribution in [-0.4, -0.2) is 11.5 Å². The maximum Gasteiger partial charge on any atom is 0.416 e. The van der Waals surface area contributed by atoms with Crippen molar-refractivity contribution in [3.8, 4) is 0 Å². The third-order valence-corrected chi connectivity index (χ3v) is 3.51. The van der Waals surface area contributed by atoms with Crippen molar-refractivity contribution < 1.29 is 13.2 Å². The normalized spacial score (nSPS) is 18.6. The Labute approximate surface area is 114 Å². The van der Waals surface area contributed by atoms with Gasteiger partial charge in [0.2, 0.25) is 0 Å². The first-order chi connectivity index (χ1) is 9.55. The summed E-state index contributed by atoms with van der Waals surface area (Å²) in [5.41, 5.74) is 2.23. The van der Waals surface area contributed by atoms with Gasteiger partial charge in [-0.3, -0.25) is 4.98 Å². The van der Waals surface area contributed by atoms with Gasteiger partial charge in [0.05, 0.1) is 17.3 Å². The monoisotopic (exact) mass is 278 g/mol. The molecule has 1 N–H and O–H groups in total. The van der Waals surface area contributed by atoms with Crippen molar-refractivity contribution in [2.45, 2.75) is 18.6 Å². The highest BCUT2D eigenvalue weighted by Crippen LogP contribution is 2.32. The lowest BCUT2D eigenvalue weighted by Gasteiger charge is -2.26. The lowest BCUT2D eigenvalue weighted by Crippen LogP contribution is -2.31. The number of aromatic nitrogens is 1. The zero-order valence-corrected chi connectivity index (χ0v) is 10.6. The number of alkyl halides is 3. The first-order valence-corrected chi connectivity index (χ1v) is 6.40. The molecule has 0 bridgehead atoms. The van der Waals surface area contributed by atoms with E-state index in [0.29, 0.717) is 0 Å². The van der Waals surface area contributed by atoms with Crippen molar-refractivity contribution in [2.24, 2.45) is 0 Å². The van der Waals surface area contributed by atoms with Gasteiger partial charge in [0.25, 0.3) is 0 Å². The molecule has 0 saturated carbocycles. The molecule has 0 spiro atoms. The number of hydrogen-bond donors (Lipinski definition) is 1. The third-order valence-electron chi connectivity index (χ3n) is 3.51. The highest BCUT2D eigenvalue weighted by Gasteiger charge is 2.30. The molecule has 0 radical (unpaired) electrons. The predicted octanol–water partition coefficient (Wildman–Crippen LogP) is 3.34. The summed E-state index contributed by atoms with van der Waals surface area (Å²) in [4.78, 5) is 4.36. The summed E-state index contributed by atoms with van der Waals surface area (Å²) in [6, 6.07) is 9.04. The summed E-state index contributed by atoms with van der Waals surface area (Å²) < 4.78 is 37.7. The molecule has 0 aliphatic carbocycles. The topological polar surface area (TPSA) is 24.9 Å². The lowest BCUT2D eigenvalue weighted by atomic mass is 9.94. The van der Waals surface area contributed by atoms with E-state index in [4.69, 9.17) is 0 Å². The van der Waals surface area contributed by atoms with Crippen LogP contribution in [0.5, 0.6) is 0 Å². The van der Waals surface area contributed by atoms with Gasteiger partial charge in [-0.2, -0.15) is 13.2 Å². The molecule has 104 valence electrons. The van der Waals surface area contributed by atoms with Gasteiger partial charge in [0.15, 0.2) is 0 Å². The summed E-state index contributed by atoms with van der Waals surface area (Å²) >= 11 is 0. The Kier molecular flexibility index (Phi) is 3.22. The minimum atomic E-state index is -4.30. The number of hydrogen-bond acceptors (Lipinski definition) is 2. The van der Waals surface area contributed by atoms with Gasteiger partial charge in [-0.15, -0.1) is 0 Å². The van der Waals surface area contributed by atoms with Crippen LogP contribution >= 0.6 is 0 Å².